The number of nitrogens with zero attached hydrogens (tertiary/aromatic N) is 2. The van der Waals surface area contributed by atoms with Gasteiger partial charge in [0.2, 0.25) is 0 Å². The Kier molecular flexibility index (Phi) is 8.85. The number of nitrogens with two attached hydrogens (primary N) is 1. The van der Waals surface area contributed by atoms with E-state index in [1.807, 2.05) is 23.1 Å². The summed E-state index contributed by atoms with van der Waals surface area (Å²) in [6.45, 7) is 3.48. The molecular weight excluding hydrogens is 373 g/mol. The number of hydrogen-bond donors (Lipinski definition) is 1. The summed E-state index contributed by atoms with van der Waals surface area (Å²) in [5, 5.41) is 0. The Morgan fingerprint density at radius 1 is 1.23 bits per heavy atom. The number of rotatable bonds is 4. The monoisotopic (exact) mass is 397 g/mol. The zero-order chi connectivity index (χ0) is 16.9. The Bertz CT molecular complexity index is 700. The molecule has 142 valence electrons. The molecule has 3 rings (SSSR count). The molecule has 2 N–H and O–H groups in total. The quantitative estimate of drug-likeness (QED) is 0.848. The molecule has 1 saturated heterocycles. The van der Waals surface area contributed by atoms with Crippen LogP contribution in [0.2, 0.25) is 0 Å². The molecule has 1 aliphatic rings. The Morgan fingerprint density at radius 3 is 2.65 bits per heavy atom. The molecule has 1 fully saturated rings. The molecule has 0 bridgehead atoms. The van der Waals surface area contributed by atoms with Crippen LogP contribution in [0.1, 0.15) is 30.1 Å². The molecule has 0 saturated carbocycles. The molecule has 26 heavy (non-hydrogen) atoms. The Morgan fingerprint density at radius 2 is 1.96 bits per heavy atom. The number of likely N-dealkylation sites (tertiary alicyclic amines) is 1. The largest absolute Gasteiger partial charge is 0.457 e. The molecule has 0 radical (unpaired) electrons. The highest BCUT2D eigenvalue weighted by Gasteiger charge is 2.29. The molecule has 0 aliphatic carbocycles. The van der Waals surface area contributed by atoms with E-state index in [9.17, 15) is 4.79 Å². The van der Waals surface area contributed by atoms with Crippen molar-refractivity contribution >= 4 is 30.7 Å². The van der Waals surface area contributed by atoms with Crippen LogP contribution >= 0.6 is 24.8 Å². The van der Waals surface area contributed by atoms with Gasteiger partial charge in [-0.25, -0.2) is 0 Å². The van der Waals surface area contributed by atoms with E-state index in [0.29, 0.717) is 29.5 Å². The summed E-state index contributed by atoms with van der Waals surface area (Å²) in [6, 6.07) is 11.0. The van der Waals surface area contributed by atoms with Gasteiger partial charge in [0.05, 0.1) is 0 Å². The summed E-state index contributed by atoms with van der Waals surface area (Å²) in [5.74, 6) is 1.98. The van der Waals surface area contributed by atoms with Crippen LogP contribution in [0.4, 0.5) is 0 Å². The summed E-state index contributed by atoms with van der Waals surface area (Å²) < 4.78 is 5.79. The van der Waals surface area contributed by atoms with Crippen LogP contribution in [0.3, 0.4) is 0 Å². The zero-order valence-electron chi connectivity index (χ0n) is 14.7. The third-order valence-corrected chi connectivity index (χ3v) is 4.48. The Labute approximate surface area is 166 Å². The molecule has 2 atom stereocenters. The number of piperidine rings is 1. The number of carbonyl (C=O) groups is 1. The normalized spacial score (nSPS) is 19.1. The van der Waals surface area contributed by atoms with Crippen molar-refractivity contribution in [1.82, 2.24) is 9.88 Å². The predicted octanol–water partition coefficient (Wildman–Crippen LogP) is 3.92. The van der Waals surface area contributed by atoms with E-state index in [-0.39, 0.29) is 36.8 Å². The van der Waals surface area contributed by atoms with Gasteiger partial charge in [0, 0.05) is 37.1 Å². The van der Waals surface area contributed by atoms with Crippen molar-refractivity contribution in [1.29, 1.82) is 0 Å². The highest BCUT2D eigenvalue weighted by atomic mass is 35.5. The van der Waals surface area contributed by atoms with Gasteiger partial charge in [-0.05, 0) is 49.1 Å². The van der Waals surface area contributed by atoms with Gasteiger partial charge in [-0.2, -0.15) is 0 Å². The predicted molar refractivity (Wildman–Crippen MR) is 108 cm³/mol. The van der Waals surface area contributed by atoms with Gasteiger partial charge in [0.25, 0.3) is 5.91 Å². The van der Waals surface area contributed by atoms with E-state index >= 15 is 0 Å². The second-order valence-corrected chi connectivity index (χ2v) is 6.33. The molecule has 7 heteroatoms. The molecular formula is C19H25Cl2N3O2. The minimum absolute atomic E-state index is 0. The van der Waals surface area contributed by atoms with Crippen molar-refractivity contribution in [3.8, 4) is 11.5 Å². The molecule has 1 aliphatic heterocycles. The average Bonchev–Trinajstić information content (AvgIpc) is 2.62. The van der Waals surface area contributed by atoms with Gasteiger partial charge in [0.1, 0.15) is 11.5 Å². The van der Waals surface area contributed by atoms with E-state index < -0.39 is 0 Å². The first-order valence-electron chi connectivity index (χ1n) is 8.36. The fraction of sp³-hybridized carbons (Fsp3) is 0.368. The van der Waals surface area contributed by atoms with E-state index in [2.05, 4.69) is 11.9 Å². The smallest absolute Gasteiger partial charge is 0.254 e. The van der Waals surface area contributed by atoms with Crippen molar-refractivity contribution in [3.05, 3.63) is 54.4 Å². The summed E-state index contributed by atoms with van der Waals surface area (Å²) in [7, 11) is 0. The maximum absolute atomic E-state index is 12.9. The molecule has 2 aromatic rings. The fourth-order valence-electron chi connectivity index (χ4n) is 3.14. The minimum atomic E-state index is 0. The van der Waals surface area contributed by atoms with Crippen molar-refractivity contribution in [2.75, 3.05) is 13.1 Å². The molecule has 2 unspecified atom stereocenters. The van der Waals surface area contributed by atoms with Crippen LogP contribution in [0, 0.1) is 5.92 Å². The van der Waals surface area contributed by atoms with E-state index in [1.54, 1.807) is 30.6 Å². The number of aromatic nitrogens is 1. The molecule has 0 spiro atoms. The molecule has 1 aromatic carbocycles. The van der Waals surface area contributed by atoms with Crippen LogP contribution in [-0.2, 0) is 0 Å². The lowest BCUT2D eigenvalue weighted by Crippen LogP contribution is -2.49. The van der Waals surface area contributed by atoms with Crippen molar-refractivity contribution in [2.45, 2.75) is 25.8 Å². The highest BCUT2D eigenvalue weighted by molar-refractivity contribution is 5.95. The van der Waals surface area contributed by atoms with Crippen molar-refractivity contribution in [2.24, 2.45) is 11.7 Å². The lowest BCUT2D eigenvalue weighted by Gasteiger charge is -2.38. The van der Waals surface area contributed by atoms with Gasteiger partial charge in [0.15, 0.2) is 0 Å². The first-order valence-corrected chi connectivity index (χ1v) is 8.36. The van der Waals surface area contributed by atoms with Crippen LogP contribution in [0.25, 0.3) is 0 Å². The molecule has 1 aromatic heterocycles. The number of halogens is 2. The molecule has 2 heterocycles. The standard InChI is InChI=1S/C19H23N3O2.2ClH/c1-14-7-10-22(16(11-14)13-20)19(23)15-3-2-4-18(12-15)24-17-5-8-21-9-6-17;;/h2-6,8-9,12,14,16H,7,10-11,13,20H2,1H3;2*1H. The van der Waals surface area contributed by atoms with Gasteiger partial charge in [-0.3, -0.25) is 9.78 Å². The lowest BCUT2D eigenvalue weighted by atomic mass is 9.92. The third-order valence-electron chi connectivity index (χ3n) is 4.48. The summed E-state index contributed by atoms with van der Waals surface area (Å²) >= 11 is 0. The van der Waals surface area contributed by atoms with Crippen molar-refractivity contribution in [3.63, 3.8) is 0 Å². The molecule has 5 nitrogen and oxygen atoms in total. The summed E-state index contributed by atoms with van der Waals surface area (Å²) in [4.78, 5) is 18.8. The van der Waals surface area contributed by atoms with E-state index in [4.69, 9.17) is 10.5 Å². The van der Waals surface area contributed by atoms with E-state index in [0.717, 1.165) is 19.4 Å². The maximum atomic E-state index is 12.9. The first-order chi connectivity index (χ1) is 11.7. The maximum Gasteiger partial charge on any atom is 0.254 e. The van der Waals surface area contributed by atoms with Crippen LogP contribution in [0.15, 0.2) is 48.8 Å². The average molecular weight is 398 g/mol. The second-order valence-electron chi connectivity index (χ2n) is 6.33. The van der Waals surface area contributed by atoms with Crippen LogP contribution < -0.4 is 10.5 Å². The fourth-order valence-corrected chi connectivity index (χ4v) is 3.14. The first kappa shape index (κ1) is 22.2. The van der Waals surface area contributed by atoms with Crippen molar-refractivity contribution < 1.29 is 9.53 Å². The number of amides is 1. The number of hydrogen-bond acceptors (Lipinski definition) is 4. The number of benzene rings is 1. The topological polar surface area (TPSA) is 68.5 Å². The SMILES string of the molecule is CC1CCN(C(=O)c2cccc(Oc3ccncc3)c2)C(CN)C1.Cl.Cl. The van der Waals surface area contributed by atoms with Crippen LogP contribution in [-0.4, -0.2) is 34.9 Å². The Hall–Kier alpha value is -1.82. The van der Waals surface area contributed by atoms with Gasteiger partial charge in [-0.1, -0.05) is 13.0 Å². The highest BCUT2D eigenvalue weighted by Crippen LogP contribution is 2.26. The summed E-state index contributed by atoms with van der Waals surface area (Å²) in [6.07, 6.45) is 5.33. The van der Waals surface area contributed by atoms with Gasteiger partial charge < -0.3 is 15.4 Å². The number of pyridine rings is 1. The second kappa shape index (κ2) is 10.4. The number of ether oxygens (including phenoxy) is 1. The van der Waals surface area contributed by atoms with Crippen LogP contribution in [0.5, 0.6) is 11.5 Å². The summed E-state index contributed by atoms with van der Waals surface area (Å²) in [5.41, 5.74) is 6.51. The van der Waals surface area contributed by atoms with Gasteiger partial charge in [-0.15, -0.1) is 24.8 Å². The Balaban J connectivity index is 0.00000169. The zero-order valence-corrected chi connectivity index (χ0v) is 16.3. The van der Waals surface area contributed by atoms with E-state index in [1.165, 1.54) is 0 Å². The van der Waals surface area contributed by atoms with Gasteiger partial charge >= 0.3 is 0 Å². The third kappa shape index (κ3) is 5.34. The molecule has 1 amide bonds. The minimum Gasteiger partial charge on any atom is -0.457 e. The lowest BCUT2D eigenvalue weighted by molar-refractivity contribution is 0.0573. The number of carbonyl (C=O) groups excluding carboxylic acids is 1.